The first-order valence-corrected chi connectivity index (χ1v) is 10.9. The molecule has 0 bridgehead atoms. The number of rotatable bonds is 6. The van der Waals surface area contributed by atoms with Crippen LogP contribution < -0.4 is 5.32 Å². The average Bonchev–Trinajstić information content (AvgIpc) is 3.35. The van der Waals surface area contributed by atoms with Crippen molar-refractivity contribution in [1.29, 1.82) is 0 Å². The van der Waals surface area contributed by atoms with Crippen molar-refractivity contribution in [2.24, 2.45) is 0 Å². The molecule has 4 aromatic heterocycles. The predicted molar refractivity (Wildman–Crippen MR) is 124 cm³/mol. The van der Waals surface area contributed by atoms with Crippen LogP contribution >= 0.6 is 0 Å². The van der Waals surface area contributed by atoms with E-state index in [9.17, 15) is 13.2 Å². The number of H-pyrrole nitrogens is 1. The van der Waals surface area contributed by atoms with Crippen molar-refractivity contribution in [3.8, 4) is 11.4 Å². The summed E-state index contributed by atoms with van der Waals surface area (Å²) in [6.07, 6.45) is 4.80. The van der Waals surface area contributed by atoms with Gasteiger partial charge in [-0.1, -0.05) is 0 Å². The number of nitrogens with zero attached hydrogens (tertiary/aromatic N) is 5. The molecule has 7 nitrogen and oxygen atoms in total. The molecule has 0 spiro atoms. The van der Waals surface area contributed by atoms with Crippen LogP contribution in [0.3, 0.4) is 0 Å². The van der Waals surface area contributed by atoms with Crippen molar-refractivity contribution in [1.82, 2.24) is 29.5 Å². The molecular formula is C24H22F3N7. The minimum Gasteiger partial charge on any atom is -0.368 e. The first-order chi connectivity index (χ1) is 16.3. The third-order valence-corrected chi connectivity index (χ3v) is 5.75. The van der Waals surface area contributed by atoms with Gasteiger partial charge >= 0.3 is 0 Å². The number of pyridine rings is 1. The van der Waals surface area contributed by atoms with Gasteiger partial charge < -0.3 is 14.9 Å². The van der Waals surface area contributed by atoms with Crippen molar-refractivity contribution in [2.45, 2.75) is 33.2 Å². The molecule has 0 fully saturated rings. The predicted octanol–water partition coefficient (Wildman–Crippen LogP) is 5.33. The van der Waals surface area contributed by atoms with E-state index in [4.69, 9.17) is 0 Å². The monoisotopic (exact) mass is 465 g/mol. The number of imidazole rings is 1. The third-order valence-electron chi connectivity index (χ3n) is 5.75. The van der Waals surface area contributed by atoms with E-state index in [1.165, 1.54) is 18.3 Å². The zero-order valence-corrected chi connectivity index (χ0v) is 18.8. The highest BCUT2D eigenvalue weighted by Crippen LogP contribution is 2.28. The largest absolute Gasteiger partial charge is 0.368 e. The standard InChI is InChI=1S/C24H22F3N7/c1-12(2)34-11-30-21-23(32-22(33-24(21)34)14-6-16(26)10-28-9-14)29-5-4-17-13(3)31-20-18(17)7-15(25)8-19(20)27/h6-12,31H,4-5H2,1-3H3,(H,29,32,33). The molecule has 0 aliphatic rings. The Hall–Kier alpha value is -3.95. The number of hydrogen-bond acceptors (Lipinski definition) is 5. The fraction of sp³-hybridized carbons (Fsp3) is 0.250. The molecule has 174 valence electrons. The summed E-state index contributed by atoms with van der Waals surface area (Å²) in [5.74, 6) is -0.927. The van der Waals surface area contributed by atoms with E-state index in [-0.39, 0.29) is 11.6 Å². The summed E-state index contributed by atoms with van der Waals surface area (Å²) in [7, 11) is 0. The van der Waals surface area contributed by atoms with Gasteiger partial charge in [0.15, 0.2) is 17.3 Å². The first-order valence-electron chi connectivity index (χ1n) is 10.9. The Morgan fingerprint density at radius 1 is 1.06 bits per heavy atom. The van der Waals surface area contributed by atoms with Crippen molar-refractivity contribution >= 4 is 27.9 Å². The molecule has 0 atom stereocenters. The lowest BCUT2D eigenvalue weighted by atomic mass is 10.1. The number of anilines is 1. The quantitative estimate of drug-likeness (QED) is 0.354. The van der Waals surface area contributed by atoms with Crippen molar-refractivity contribution in [3.05, 3.63) is 65.6 Å². The number of aromatic nitrogens is 6. The van der Waals surface area contributed by atoms with Crippen molar-refractivity contribution in [2.75, 3.05) is 11.9 Å². The summed E-state index contributed by atoms with van der Waals surface area (Å²) >= 11 is 0. The summed E-state index contributed by atoms with van der Waals surface area (Å²) in [6, 6.07) is 3.63. The fourth-order valence-corrected chi connectivity index (χ4v) is 4.11. The highest BCUT2D eigenvalue weighted by molar-refractivity contribution is 5.86. The Bertz CT molecular complexity index is 1520. The number of hydrogen-bond donors (Lipinski definition) is 2. The number of halogens is 3. The molecule has 5 rings (SSSR count). The molecule has 4 heterocycles. The van der Waals surface area contributed by atoms with Gasteiger partial charge in [0.05, 0.1) is 18.0 Å². The Balaban J connectivity index is 1.50. The molecule has 0 radical (unpaired) electrons. The molecule has 2 N–H and O–H groups in total. The average molecular weight is 465 g/mol. The Morgan fingerprint density at radius 3 is 2.65 bits per heavy atom. The van der Waals surface area contributed by atoms with Gasteiger partial charge in [-0.2, -0.15) is 0 Å². The van der Waals surface area contributed by atoms with Gasteiger partial charge in [-0.25, -0.2) is 28.1 Å². The van der Waals surface area contributed by atoms with Gasteiger partial charge in [0, 0.05) is 41.5 Å². The van der Waals surface area contributed by atoms with Gasteiger partial charge in [0.2, 0.25) is 0 Å². The molecule has 0 saturated heterocycles. The maximum Gasteiger partial charge on any atom is 0.166 e. The number of fused-ring (bicyclic) bond motifs is 2. The summed E-state index contributed by atoms with van der Waals surface area (Å²) in [4.78, 5) is 20.6. The minimum absolute atomic E-state index is 0.102. The van der Waals surface area contributed by atoms with E-state index < -0.39 is 17.5 Å². The molecule has 10 heteroatoms. The lowest BCUT2D eigenvalue weighted by molar-refractivity contribution is 0.591. The number of benzene rings is 1. The number of aryl methyl sites for hydroxylation is 1. The topological polar surface area (TPSA) is 84.3 Å². The van der Waals surface area contributed by atoms with E-state index in [0.29, 0.717) is 46.7 Å². The van der Waals surface area contributed by atoms with E-state index in [2.05, 4.69) is 30.2 Å². The Morgan fingerprint density at radius 2 is 1.88 bits per heavy atom. The van der Waals surface area contributed by atoms with Gasteiger partial charge in [-0.3, -0.25) is 4.98 Å². The van der Waals surface area contributed by atoms with Crippen LogP contribution in [0, 0.1) is 24.4 Å². The summed E-state index contributed by atoms with van der Waals surface area (Å²) < 4.78 is 43.7. The zero-order chi connectivity index (χ0) is 24.0. The molecule has 34 heavy (non-hydrogen) atoms. The molecule has 0 saturated carbocycles. The lowest BCUT2D eigenvalue weighted by Crippen LogP contribution is -2.09. The van der Waals surface area contributed by atoms with Crippen LogP contribution in [0.1, 0.15) is 31.1 Å². The summed E-state index contributed by atoms with van der Waals surface area (Å²) in [5, 5.41) is 3.80. The number of nitrogens with one attached hydrogen (secondary N) is 2. The van der Waals surface area contributed by atoms with E-state index in [0.717, 1.165) is 23.5 Å². The second kappa shape index (κ2) is 8.44. The zero-order valence-electron chi connectivity index (χ0n) is 18.8. The molecular weight excluding hydrogens is 443 g/mol. The molecule has 5 aromatic rings. The van der Waals surface area contributed by atoms with Gasteiger partial charge in [0.25, 0.3) is 0 Å². The maximum atomic E-state index is 14.2. The highest BCUT2D eigenvalue weighted by atomic mass is 19.1. The van der Waals surface area contributed by atoms with Crippen LogP contribution in [0.5, 0.6) is 0 Å². The normalized spacial score (nSPS) is 11.7. The van der Waals surface area contributed by atoms with Crippen molar-refractivity contribution in [3.63, 3.8) is 0 Å². The van der Waals surface area contributed by atoms with Crippen LogP contribution in [0.15, 0.2) is 36.9 Å². The summed E-state index contributed by atoms with van der Waals surface area (Å²) in [6.45, 7) is 6.28. The third kappa shape index (κ3) is 3.85. The van der Waals surface area contributed by atoms with Crippen LogP contribution in [-0.4, -0.2) is 36.0 Å². The van der Waals surface area contributed by atoms with Crippen LogP contribution in [-0.2, 0) is 6.42 Å². The maximum absolute atomic E-state index is 14.2. The molecule has 0 aliphatic carbocycles. The highest BCUT2D eigenvalue weighted by Gasteiger charge is 2.17. The van der Waals surface area contributed by atoms with Crippen LogP contribution in [0.25, 0.3) is 33.5 Å². The molecule has 0 unspecified atom stereocenters. The van der Waals surface area contributed by atoms with E-state index in [1.807, 2.05) is 25.3 Å². The van der Waals surface area contributed by atoms with E-state index >= 15 is 0 Å². The summed E-state index contributed by atoms with van der Waals surface area (Å²) in [5.41, 5.74) is 3.50. The SMILES string of the molecule is Cc1[nH]c2c(F)cc(F)cc2c1CCNc1nc(-c2cncc(F)c2)nc2c1ncn2C(C)C. The minimum atomic E-state index is -0.623. The second-order valence-electron chi connectivity index (χ2n) is 8.42. The lowest BCUT2D eigenvalue weighted by Gasteiger charge is -2.11. The van der Waals surface area contributed by atoms with Crippen molar-refractivity contribution < 1.29 is 13.2 Å². The van der Waals surface area contributed by atoms with Gasteiger partial charge in [0.1, 0.15) is 23.0 Å². The Labute approximate surface area is 193 Å². The smallest absolute Gasteiger partial charge is 0.166 e. The van der Waals surface area contributed by atoms with Crippen LogP contribution in [0.2, 0.25) is 0 Å². The molecule has 1 aromatic carbocycles. The van der Waals surface area contributed by atoms with Crippen LogP contribution in [0.4, 0.5) is 19.0 Å². The Kier molecular flexibility index (Phi) is 5.43. The molecule has 0 amide bonds. The first kappa shape index (κ1) is 21.9. The van der Waals surface area contributed by atoms with Gasteiger partial charge in [-0.15, -0.1) is 0 Å². The fourth-order valence-electron chi connectivity index (χ4n) is 4.11. The molecule has 0 aliphatic heterocycles. The van der Waals surface area contributed by atoms with Gasteiger partial charge in [-0.05, 0) is 44.9 Å². The second-order valence-corrected chi connectivity index (χ2v) is 8.42. The van der Waals surface area contributed by atoms with E-state index in [1.54, 1.807) is 6.33 Å². The number of aromatic amines is 1.